The Balaban J connectivity index is 0.000000271. The normalized spacial score (nSPS) is 19.5. The van der Waals surface area contributed by atoms with Crippen LogP contribution in [0.3, 0.4) is 0 Å². The molecule has 1 unspecified atom stereocenters. The van der Waals surface area contributed by atoms with Gasteiger partial charge in [-0.1, -0.05) is 6.42 Å². The van der Waals surface area contributed by atoms with Gasteiger partial charge < -0.3 is 24.2 Å². The van der Waals surface area contributed by atoms with Crippen molar-refractivity contribution in [2.75, 3.05) is 33.4 Å². The first-order chi connectivity index (χ1) is 13.6. The zero-order valence-corrected chi connectivity index (χ0v) is 15.8. The van der Waals surface area contributed by atoms with Crippen LogP contribution in [0.15, 0.2) is 18.3 Å². The zero-order valence-electron chi connectivity index (χ0n) is 15.8. The number of aliphatic hydroxyl groups is 1. The molecule has 2 aromatic heterocycles. The van der Waals surface area contributed by atoms with Gasteiger partial charge in [-0.05, 0) is 38.4 Å². The zero-order chi connectivity index (χ0) is 19.9. The maximum atomic E-state index is 14.1. The average Bonchev–Trinajstić information content (AvgIpc) is 3.10. The number of carbonyl (C=O) groups excluding carboxylic acids is 1. The number of likely N-dealkylation sites (tertiary alicyclic amines) is 1. The number of hydrogen-bond donors (Lipinski definition) is 1. The van der Waals surface area contributed by atoms with Crippen LogP contribution in [0.2, 0.25) is 0 Å². The number of hydrogen-bond acceptors (Lipinski definition) is 8. The van der Waals surface area contributed by atoms with Crippen molar-refractivity contribution < 1.29 is 28.5 Å². The summed E-state index contributed by atoms with van der Waals surface area (Å²) in [7, 11) is 1.56. The van der Waals surface area contributed by atoms with Crippen LogP contribution >= 0.6 is 0 Å². The lowest BCUT2D eigenvalue weighted by Gasteiger charge is -2.26. The third-order valence-corrected chi connectivity index (χ3v) is 4.65. The molecule has 0 spiro atoms. The van der Waals surface area contributed by atoms with E-state index in [1.165, 1.54) is 25.5 Å². The van der Waals surface area contributed by atoms with E-state index in [2.05, 4.69) is 24.3 Å². The Morgan fingerprint density at radius 3 is 2.71 bits per heavy atom. The number of nitrogens with zero attached hydrogens (tertiary/aromatic N) is 3. The van der Waals surface area contributed by atoms with Crippen LogP contribution < -0.4 is 4.74 Å². The highest BCUT2D eigenvalue weighted by Crippen LogP contribution is 2.22. The molecule has 2 aromatic rings. The molecular weight excluding hydrogens is 369 g/mol. The Labute approximate surface area is 162 Å². The van der Waals surface area contributed by atoms with Crippen LogP contribution in [0, 0.1) is 5.82 Å². The van der Waals surface area contributed by atoms with Crippen molar-refractivity contribution in [3.05, 3.63) is 29.7 Å². The second-order valence-electron chi connectivity index (χ2n) is 6.59. The van der Waals surface area contributed by atoms with Crippen LogP contribution in [0.1, 0.15) is 24.8 Å². The Morgan fingerprint density at radius 2 is 2.11 bits per heavy atom. The molecule has 152 valence electrons. The number of aliphatic hydroxyl groups excluding tert-OH is 1. The van der Waals surface area contributed by atoms with Crippen molar-refractivity contribution in [2.24, 2.45) is 0 Å². The highest BCUT2D eigenvalue weighted by atomic mass is 19.1. The lowest BCUT2D eigenvalue weighted by atomic mass is 10.1. The van der Waals surface area contributed by atoms with Gasteiger partial charge in [0.05, 0.1) is 24.3 Å². The maximum Gasteiger partial charge on any atom is 0.510 e. The van der Waals surface area contributed by atoms with E-state index in [9.17, 15) is 9.18 Å². The fraction of sp³-hybridized carbons (Fsp3) is 0.526. The van der Waals surface area contributed by atoms with Gasteiger partial charge in [-0.15, -0.1) is 0 Å². The quantitative estimate of drug-likeness (QED) is 0.791. The summed E-state index contributed by atoms with van der Waals surface area (Å²) in [6.07, 6.45) is 3.89. The Hall–Kier alpha value is -2.52. The van der Waals surface area contributed by atoms with Crippen LogP contribution in [-0.4, -0.2) is 65.8 Å². The number of pyridine rings is 2. The van der Waals surface area contributed by atoms with Gasteiger partial charge in [0.1, 0.15) is 5.82 Å². The summed E-state index contributed by atoms with van der Waals surface area (Å²) in [5.74, 6) is 0.217. The summed E-state index contributed by atoms with van der Waals surface area (Å²) in [6.45, 7) is 3.05. The fourth-order valence-corrected chi connectivity index (χ4v) is 3.20. The van der Waals surface area contributed by atoms with Crippen molar-refractivity contribution in [2.45, 2.75) is 32.0 Å². The molecule has 2 aliphatic rings. The topological polar surface area (TPSA) is 94.0 Å². The maximum absolute atomic E-state index is 14.1. The molecule has 0 saturated carbocycles. The number of carbonyl (C=O) groups is 1. The smallest absolute Gasteiger partial charge is 0.481 e. The molecule has 2 aliphatic heterocycles. The highest BCUT2D eigenvalue weighted by molar-refractivity contribution is 5.78. The number of cyclic esters (lactones) is 2. The van der Waals surface area contributed by atoms with Crippen molar-refractivity contribution in [3.8, 4) is 5.88 Å². The van der Waals surface area contributed by atoms with Gasteiger partial charge in [0.2, 0.25) is 12.2 Å². The minimum absolute atomic E-state index is 0.0428. The standard InChI is InChI=1S/C16H20FN3O.C3H4O4/c1-21-15-6-5-14-16(19-15)12(13(17)11-18-14)7-10-20-8-3-2-4-9-20;4-2-1-6-3(5)7-2/h5-6,11H,2-4,7-10H2,1H3;2,4H,1H2. The summed E-state index contributed by atoms with van der Waals surface area (Å²) >= 11 is 0. The number of fused-ring (bicyclic) bond motifs is 1. The number of methoxy groups -OCH3 is 1. The van der Waals surface area contributed by atoms with E-state index in [0.717, 1.165) is 19.6 Å². The summed E-state index contributed by atoms with van der Waals surface area (Å²) < 4.78 is 27.5. The molecule has 8 nitrogen and oxygen atoms in total. The fourth-order valence-electron chi connectivity index (χ4n) is 3.20. The van der Waals surface area contributed by atoms with Gasteiger partial charge >= 0.3 is 6.16 Å². The molecule has 4 heterocycles. The first-order valence-corrected chi connectivity index (χ1v) is 9.29. The van der Waals surface area contributed by atoms with E-state index in [1.54, 1.807) is 13.2 Å². The molecule has 28 heavy (non-hydrogen) atoms. The molecule has 4 rings (SSSR count). The van der Waals surface area contributed by atoms with Crippen molar-refractivity contribution >= 4 is 17.2 Å². The summed E-state index contributed by atoms with van der Waals surface area (Å²) in [5, 5.41) is 8.33. The van der Waals surface area contributed by atoms with Gasteiger partial charge in [0.15, 0.2) is 6.61 Å². The minimum atomic E-state index is -1.05. The van der Waals surface area contributed by atoms with Crippen LogP contribution in [0.25, 0.3) is 11.0 Å². The Bertz CT molecular complexity index is 814. The molecule has 1 atom stereocenters. The Morgan fingerprint density at radius 1 is 1.32 bits per heavy atom. The summed E-state index contributed by atoms with van der Waals surface area (Å²) in [5.41, 5.74) is 1.97. The van der Waals surface area contributed by atoms with Gasteiger partial charge in [-0.2, -0.15) is 0 Å². The molecular formula is C19H24FN3O5. The van der Waals surface area contributed by atoms with Gasteiger partial charge in [0, 0.05) is 18.2 Å². The SMILES string of the molecule is COc1ccc2ncc(F)c(CCN3CCCCC3)c2n1.O=C1OCC(O)O1. The van der Waals surface area contributed by atoms with Crippen molar-refractivity contribution in [1.29, 1.82) is 0 Å². The lowest BCUT2D eigenvalue weighted by molar-refractivity contribution is -0.0159. The number of piperidine rings is 1. The molecule has 0 aliphatic carbocycles. The van der Waals surface area contributed by atoms with E-state index in [1.807, 2.05) is 6.07 Å². The number of ether oxygens (including phenoxy) is 3. The van der Waals surface area contributed by atoms with E-state index in [4.69, 9.17) is 9.84 Å². The first kappa shape index (κ1) is 20.2. The molecule has 2 saturated heterocycles. The van der Waals surface area contributed by atoms with Crippen LogP contribution in [0.5, 0.6) is 5.88 Å². The lowest BCUT2D eigenvalue weighted by Crippen LogP contribution is -2.31. The van der Waals surface area contributed by atoms with E-state index >= 15 is 0 Å². The predicted molar refractivity (Wildman–Crippen MR) is 98.5 cm³/mol. The monoisotopic (exact) mass is 393 g/mol. The molecule has 0 aromatic carbocycles. The second-order valence-corrected chi connectivity index (χ2v) is 6.59. The number of halogens is 1. The van der Waals surface area contributed by atoms with E-state index in [-0.39, 0.29) is 12.4 Å². The molecule has 2 fully saturated rings. The second kappa shape index (κ2) is 9.61. The van der Waals surface area contributed by atoms with Gasteiger partial charge in [-0.3, -0.25) is 4.98 Å². The third kappa shape index (κ3) is 5.26. The van der Waals surface area contributed by atoms with Crippen molar-refractivity contribution in [1.82, 2.24) is 14.9 Å². The summed E-state index contributed by atoms with van der Waals surface area (Å²) in [6, 6.07) is 3.58. The minimum Gasteiger partial charge on any atom is -0.481 e. The first-order valence-electron chi connectivity index (χ1n) is 9.29. The molecule has 1 N–H and O–H groups in total. The van der Waals surface area contributed by atoms with Crippen LogP contribution in [0.4, 0.5) is 9.18 Å². The van der Waals surface area contributed by atoms with E-state index < -0.39 is 12.4 Å². The number of aromatic nitrogens is 2. The van der Waals surface area contributed by atoms with Gasteiger partial charge in [-0.25, -0.2) is 14.2 Å². The molecule has 0 radical (unpaired) electrons. The average molecular weight is 393 g/mol. The van der Waals surface area contributed by atoms with Crippen LogP contribution in [-0.2, 0) is 15.9 Å². The molecule has 0 bridgehead atoms. The summed E-state index contributed by atoms with van der Waals surface area (Å²) in [4.78, 5) is 20.7. The molecule has 0 amide bonds. The molecule has 9 heteroatoms. The van der Waals surface area contributed by atoms with Gasteiger partial charge in [0.25, 0.3) is 0 Å². The van der Waals surface area contributed by atoms with Crippen molar-refractivity contribution in [3.63, 3.8) is 0 Å². The predicted octanol–water partition coefficient (Wildman–Crippen LogP) is 2.28. The van der Waals surface area contributed by atoms with E-state index in [0.29, 0.717) is 28.9 Å². The number of rotatable bonds is 4. The third-order valence-electron chi connectivity index (χ3n) is 4.65. The Kier molecular flexibility index (Phi) is 6.94. The largest absolute Gasteiger partial charge is 0.510 e. The highest BCUT2D eigenvalue weighted by Gasteiger charge is 2.21.